The molecule has 2 atom stereocenters. The highest BCUT2D eigenvalue weighted by Gasteiger charge is 2.44. The van der Waals surface area contributed by atoms with Crippen molar-refractivity contribution >= 4 is 28.6 Å². The third kappa shape index (κ3) is 5.01. The Hall–Kier alpha value is -3.30. The Kier molecular flexibility index (Phi) is 7.48. The number of fused-ring (bicyclic) bond motifs is 2. The number of methoxy groups -OCH3 is 1. The summed E-state index contributed by atoms with van der Waals surface area (Å²) in [6, 6.07) is 1.27. The molecular formula is C30H41FN4O5. The van der Waals surface area contributed by atoms with Crippen LogP contribution in [0.1, 0.15) is 76.7 Å². The lowest BCUT2D eigenvalue weighted by Crippen LogP contribution is -2.50. The van der Waals surface area contributed by atoms with Crippen LogP contribution in [-0.2, 0) is 4.74 Å². The number of rotatable bonds is 6. The summed E-state index contributed by atoms with van der Waals surface area (Å²) in [6.45, 7) is 11.8. The highest BCUT2D eigenvalue weighted by atomic mass is 19.1. The van der Waals surface area contributed by atoms with E-state index in [0.717, 1.165) is 25.7 Å². The maximum Gasteiger partial charge on any atom is 0.410 e. The van der Waals surface area contributed by atoms with Gasteiger partial charge in [0.25, 0.3) is 5.91 Å². The first-order valence-electron chi connectivity index (χ1n) is 14.5. The minimum Gasteiger partial charge on any atom is -0.492 e. The first kappa shape index (κ1) is 28.2. The molecular weight excluding hydrogens is 515 g/mol. The van der Waals surface area contributed by atoms with Crippen LogP contribution in [-0.4, -0.2) is 77.8 Å². The minimum atomic E-state index is -0.603. The van der Waals surface area contributed by atoms with Gasteiger partial charge in [-0.3, -0.25) is 9.59 Å². The van der Waals surface area contributed by atoms with Gasteiger partial charge in [0.1, 0.15) is 16.9 Å². The van der Waals surface area contributed by atoms with E-state index < -0.39 is 16.8 Å². The normalized spacial score (nSPS) is 21.0. The average molecular weight is 557 g/mol. The number of likely N-dealkylation sites (tertiary alicyclic amines) is 1. The smallest absolute Gasteiger partial charge is 0.410 e. The van der Waals surface area contributed by atoms with Gasteiger partial charge in [0.15, 0.2) is 11.6 Å². The second kappa shape index (κ2) is 10.6. The van der Waals surface area contributed by atoms with Crippen molar-refractivity contribution in [1.82, 2.24) is 14.4 Å². The van der Waals surface area contributed by atoms with Gasteiger partial charge in [-0.2, -0.15) is 0 Å². The predicted octanol–water partition coefficient (Wildman–Crippen LogP) is 4.80. The molecule has 2 aromatic rings. The molecule has 0 spiro atoms. The largest absolute Gasteiger partial charge is 0.492 e. The fourth-order valence-electron chi connectivity index (χ4n) is 6.32. The first-order valence-corrected chi connectivity index (χ1v) is 14.5. The predicted molar refractivity (Wildman–Crippen MR) is 152 cm³/mol. The summed E-state index contributed by atoms with van der Waals surface area (Å²) >= 11 is 0. The molecule has 2 unspecified atom stereocenters. The number of benzene rings is 1. The van der Waals surface area contributed by atoms with Crippen LogP contribution in [0.5, 0.6) is 5.75 Å². The lowest BCUT2D eigenvalue weighted by Gasteiger charge is -2.37. The molecule has 3 heterocycles. The van der Waals surface area contributed by atoms with E-state index in [1.807, 2.05) is 44.1 Å². The molecule has 40 heavy (non-hydrogen) atoms. The van der Waals surface area contributed by atoms with Crippen molar-refractivity contribution in [2.24, 2.45) is 5.92 Å². The molecule has 1 aliphatic carbocycles. The quantitative estimate of drug-likeness (QED) is 0.508. The average Bonchev–Trinajstić information content (AvgIpc) is 3.65. The Labute approximate surface area is 234 Å². The Morgan fingerprint density at radius 2 is 1.82 bits per heavy atom. The number of piperidine rings is 1. The second-order valence-electron chi connectivity index (χ2n) is 12.2. The van der Waals surface area contributed by atoms with E-state index in [0.29, 0.717) is 49.7 Å². The fourth-order valence-corrected chi connectivity index (χ4v) is 6.32. The summed E-state index contributed by atoms with van der Waals surface area (Å²) in [7, 11) is 1.49. The van der Waals surface area contributed by atoms with E-state index in [4.69, 9.17) is 9.47 Å². The molecule has 5 rings (SSSR count). The third-order valence-corrected chi connectivity index (χ3v) is 8.35. The van der Waals surface area contributed by atoms with E-state index in [-0.39, 0.29) is 41.0 Å². The molecule has 2 saturated heterocycles. The van der Waals surface area contributed by atoms with Crippen LogP contribution >= 0.6 is 0 Å². The zero-order chi connectivity index (χ0) is 28.9. The van der Waals surface area contributed by atoms with Gasteiger partial charge in [-0.05, 0) is 72.3 Å². The number of halogens is 1. The number of anilines is 1. The fraction of sp³-hybridized carbons (Fsp3) is 0.633. The highest BCUT2D eigenvalue weighted by Crippen LogP contribution is 2.45. The van der Waals surface area contributed by atoms with Crippen molar-refractivity contribution in [2.75, 3.05) is 44.7 Å². The summed E-state index contributed by atoms with van der Waals surface area (Å²) in [5.41, 5.74) is -0.226. The molecule has 1 aromatic carbocycles. The summed E-state index contributed by atoms with van der Waals surface area (Å²) in [5.74, 6) is -0.455. The van der Waals surface area contributed by atoms with Crippen LogP contribution in [0.15, 0.2) is 17.1 Å². The van der Waals surface area contributed by atoms with Crippen molar-refractivity contribution in [3.05, 3.63) is 33.9 Å². The standard InChI is InChI=1S/C30H41FN4O5/c1-7-32(8-2)28(37)21-16-35(19-11-12-19)24-20(26(21)36)14-22(31)25(27(24)39-6)33-15-18-10-9-13-34(23(18)17-33)29(38)40-30(3,4)5/h14,16,18-19,23H,7-13,15,17H2,1-6H3. The molecule has 10 heteroatoms. The zero-order valence-corrected chi connectivity index (χ0v) is 24.5. The molecule has 9 nitrogen and oxygen atoms in total. The van der Waals surface area contributed by atoms with Gasteiger partial charge < -0.3 is 28.7 Å². The molecule has 2 aliphatic heterocycles. The van der Waals surface area contributed by atoms with Gasteiger partial charge in [0, 0.05) is 45.0 Å². The Morgan fingerprint density at radius 3 is 2.42 bits per heavy atom. The lowest BCUT2D eigenvalue weighted by atomic mass is 9.92. The van der Waals surface area contributed by atoms with E-state index in [2.05, 4.69) is 0 Å². The lowest BCUT2D eigenvalue weighted by molar-refractivity contribution is 0.00668. The number of ether oxygens (including phenoxy) is 2. The SMILES string of the molecule is CCN(CC)C(=O)c1cn(C2CC2)c2c(OC)c(N3CC4CCCN(C(=O)OC(C)(C)C)C4C3)c(F)cc2c1=O. The van der Waals surface area contributed by atoms with Gasteiger partial charge in [0.2, 0.25) is 5.43 Å². The van der Waals surface area contributed by atoms with Gasteiger partial charge in [-0.1, -0.05) is 0 Å². The van der Waals surface area contributed by atoms with Crippen molar-refractivity contribution in [3.63, 3.8) is 0 Å². The van der Waals surface area contributed by atoms with Crippen LogP contribution in [0, 0.1) is 11.7 Å². The van der Waals surface area contributed by atoms with Gasteiger partial charge in [-0.15, -0.1) is 0 Å². The molecule has 0 bridgehead atoms. The van der Waals surface area contributed by atoms with E-state index in [1.54, 1.807) is 16.0 Å². The molecule has 218 valence electrons. The van der Waals surface area contributed by atoms with Gasteiger partial charge >= 0.3 is 6.09 Å². The number of hydrogen-bond donors (Lipinski definition) is 0. The van der Waals surface area contributed by atoms with Gasteiger partial charge in [0.05, 0.1) is 24.1 Å². The van der Waals surface area contributed by atoms with Crippen molar-refractivity contribution in [3.8, 4) is 5.75 Å². The van der Waals surface area contributed by atoms with E-state index >= 15 is 4.39 Å². The molecule has 0 N–H and O–H groups in total. The molecule has 3 fully saturated rings. The Balaban J connectivity index is 1.58. The van der Waals surface area contributed by atoms with Crippen LogP contribution in [0.4, 0.5) is 14.9 Å². The van der Waals surface area contributed by atoms with Crippen LogP contribution in [0.25, 0.3) is 10.9 Å². The highest BCUT2D eigenvalue weighted by molar-refractivity contribution is 6.00. The Bertz CT molecular complexity index is 1380. The number of pyridine rings is 1. The van der Waals surface area contributed by atoms with E-state index in [1.165, 1.54) is 13.2 Å². The number of carbonyl (C=O) groups is 2. The zero-order valence-electron chi connectivity index (χ0n) is 24.5. The molecule has 3 aliphatic rings. The topological polar surface area (TPSA) is 84.3 Å². The van der Waals surface area contributed by atoms with Crippen LogP contribution < -0.4 is 15.1 Å². The monoisotopic (exact) mass is 556 g/mol. The summed E-state index contributed by atoms with van der Waals surface area (Å²) in [4.78, 5) is 45.2. The summed E-state index contributed by atoms with van der Waals surface area (Å²) in [6.07, 6.45) is 4.90. The maximum absolute atomic E-state index is 16.1. The van der Waals surface area contributed by atoms with Crippen molar-refractivity contribution in [2.45, 2.75) is 78.0 Å². The number of amides is 2. The Morgan fingerprint density at radius 1 is 1.12 bits per heavy atom. The van der Waals surface area contributed by atoms with Crippen molar-refractivity contribution < 1.29 is 23.5 Å². The summed E-state index contributed by atoms with van der Waals surface area (Å²) < 4.78 is 29.5. The molecule has 0 radical (unpaired) electrons. The first-order chi connectivity index (χ1) is 19.0. The van der Waals surface area contributed by atoms with E-state index in [9.17, 15) is 14.4 Å². The number of aromatic nitrogens is 1. The summed E-state index contributed by atoms with van der Waals surface area (Å²) in [5, 5.41) is 0.148. The van der Waals surface area contributed by atoms with Gasteiger partial charge in [-0.25, -0.2) is 9.18 Å². The van der Waals surface area contributed by atoms with Crippen molar-refractivity contribution in [1.29, 1.82) is 0 Å². The molecule has 2 amide bonds. The minimum absolute atomic E-state index is 0.0532. The second-order valence-corrected chi connectivity index (χ2v) is 12.2. The number of hydrogen-bond acceptors (Lipinski definition) is 6. The number of nitrogens with zero attached hydrogens (tertiary/aromatic N) is 4. The van der Waals surface area contributed by atoms with Crippen LogP contribution in [0.3, 0.4) is 0 Å². The maximum atomic E-state index is 16.1. The number of carbonyl (C=O) groups excluding carboxylic acids is 2. The molecule has 1 aromatic heterocycles. The van der Waals surface area contributed by atoms with Crippen LogP contribution in [0.2, 0.25) is 0 Å². The molecule has 1 saturated carbocycles. The third-order valence-electron chi connectivity index (χ3n) is 8.35.